The van der Waals surface area contributed by atoms with Crippen LogP contribution >= 0.6 is 11.6 Å². The van der Waals surface area contributed by atoms with Crippen molar-refractivity contribution in [1.29, 1.82) is 0 Å². The second kappa shape index (κ2) is 7.62. The van der Waals surface area contributed by atoms with Gasteiger partial charge in [0.15, 0.2) is 11.4 Å². The Balaban J connectivity index is 1.69. The highest BCUT2D eigenvalue weighted by Gasteiger charge is 2.40. The smallest absolute Gasteiger partial charge is 0.277 e. The summed E-state index contributed by atoms with van der Waals surface area (Å²) in [5, 5.41) is 14.5. The van der Waals surface area contributed by atoms with Gasteiger partial charge in [0.25, 0.3) is 11.8 Å². The molecule has 1 aromatic heterocycles. The van der Waals surface area contributed by atoms with Crippen molar-refractivity contribution in [3.8, 4) is 5.75 Å². The lowest BCUT2D eigenvalue weighted by Gasteiger charge is -2.47. The number of benzene rings is 1. The molecule has 158 valence electrons. The third kappa shape index (κ3) is 3.17. The summed E-state index contributed by atoms with van der Waals surface area (Å²) in [5.74, 6) is -2.88. The van der Waals surface area contributed by atoms with Gasteiger partial charge in [0.2, 0.25) is 5.43 Å². The van der Waals surface area contributed by atoms with Crippen molar-refractivity contribution >= 4 is 23.4 Å². The minimum absolute atomic E-state index is 0.0887. The Morgan fingerprint density at radius 1 is 1.40 bits per heavy atom. The van der Waals surface area contributed by atoms with E-state index in [2.05, 4.69) is 5.32 Å². The third-order valence-corrected chi connectivity index (χ3v) is 5.49. The van der Waals surface area contributed by atoms with E-state index in [0.717, 1.165) is 0 Å². The third-order valence-electron chi connectivity index (χ3n) is 5.20. The molecule has 0 aliphatic carbocycles. The van der Waals surface area contributed by atoms with Crippen LogP contribution in [0.4, 0.5) is 4.39 Å². The van der Waals surface area contributed by atoms with Crippen LogP contribution in [0.3, 0.4) is 0 Å². The molecule has 0 saturated carbocycles. The molecule has 4 rings (SSSR count). The molecule has 3 heterocycles. The van der Waals surface area contributed by atoms with Gasteiger partial charge in [0, 0.05) is 25.4 Å². The molecule has 1 aromatic carbocycles. The van der Waals surface area contributed by atoms with Crippen LogP contribution in [0.1, 0.15) is 26.4 Å². The van der Waals surface area contributed by atoms with E-state index in [1.165, 1.54) is 34.0 Å². The number of nitrogens with one attached hydrogen (secondary N) is 1. The summed E-state index contributed by atoms with van der Waals surface area (Å²) in [6.07, 6.45) is 0.765. The fourth-order valence-corrected chi connectivity index (χ4v) is 3.75. The maximum atomic E-state index is 14.0. The lowest BCUT2D eigenvalue weighted by atomic mass is 10.1. The summed E-state index contributed by atoms with van der Waals surface area (Å²) in [4.78, 5) is 39.3. The molecular weight excluding hydrogens is 419 g/mol. The van der Waals surface area contributed by atoms with Crippen molar-refractivity contribution in [3.63, 3.8) is 0 Å². The first-order valence-corrected chi connectivity index (χ1v) is 9.50. The summed E-state index contributed by atoms with van der Waals surface area (Å²) in [6.45, 7) is 0.784. The van der Waals surface area contributed by atoms with Gasteiger partial charge in [-0.05, 0) is 6.07 Å². The van der Waals surface area contributed by atoms with Crippen LogP contribution in [-0.4, -0.2) is 59.5 Å². The number of fused-ring (bicyclic) bond motifs is 3. The number of ether oxygens (including phenoxy) is 1. The zero-order chi connectivity index (χ0) is 21.6. The molecule has 0 spiro atoms. The first-order chi connectivity index (χ1) is 14.3. The summed E-state index contributed by atoms with van der Waals surface area (Å²) >= 11 is 5.74. The fraction of sp³-hybridized carbons (Fsp3) is 0.316. The Morgan fingerprint density at radius 2 is 2.17 bits per heavy atom. The normalized spacial score (nSPS) is 18.1. The summed E-state index contributed by atoms with van der Waals surface area (Å²) in [6, 6.07) is 4.36. The molecule has 30 heavy (non-hydrogen) atoms. The average Bonchev–Trinajstić information content (AvgIpc) is 2.74. The SMILES string of the molecule is CN1C(=O)c2c(O)c(=O)c(C(=O)NCc3cccc(Cl)c3F)cn2N2CCOC[C@@H]12. The molecule has 2 N–H and O–H groups in total. The van der Waals surface area contributed by atoms with E-state index in [9.17, 15) is 23.9 Å². The molecule has 2 aliphatic rings. The van der Waals surface area contributed by atoms with Crippen molar-refractivity contribution in [1.82, 2.24) is 14.9 Å². The number of carbonyl (C=O) groups excluding carboxylic acids is 2. The Hall–Kier alpha value is -3.11. The number of aromatic nitrogens is 1. The van der Waals surface area contributed by atoms with Crippen LogP contribution in [0.2, 0.25) is 5.02 Å². The average molecular weight is 437 g/mol. The highest BCUT2D eigenvalue weighted by Crippen LogP contribution is 2.25. The number of rotatable bonds is 3. The zero-order valence-corrected chi connectivity index (χ0v) is 16.6. The Labute approximate surface area is 175 Å². The minimum atomic E-state index is -0.987. The van der Waals surface area contributed by atoms with E-state index in [-0.39, 0.29) is 35.0 Å². The molecular formula is C19H18ClFN4O5. The van der Waals surface area contributed by atoms with Crippen LogP contribution in [0, 0.1) is 5.82 Å². The van der Waals surface area contributed by atoms with E-state index in [1.807, 2.05) is 0 Å². The molecule has 2 amide bonds. The van der Waals surface area contributed by atoms with Gasteiger partial charge in [-0.2, -0.15) is 0 Å². The summed E-state index contributed by atoms with van der Waals surface area (Å²) in [5.41, 5.74) is -1.44. The number of likely N-dealkylation sites (N-methyl/N-ethyl adjacent to an activating group) is 1. The number of aromatic hydroxyl groups is 1. The predicted molar refractivity (Wildman–Crippen MR) is 105 cm³/mol. The predicted octanol–water partition coefficient (Wildman–Crippen LogP) is 0.656. The van der Waals surface area contributed by atoms with Gasteiger partial charge in [-0.1, -0.05) is 23.7 Å². The number of carbonyl (C=O) groups is 2. The van der Waals surface area contributed by atoms with E-state index in [4.69, 9.17) is 16.3 Å². The van der Waals surface area contributed by atoms with Gasteiger partial charge in [-0.15, -0.1) is 0 Å². The second-order valence-corrected chi connectivity index (χ2v) is 7.35. The van der Waals surface area contributed by atoms with E-state index in [0.29, 0.717) is 13.2 Å². The highest BCUT2D eigenvalue weighted by atomic mass is 35.5. The van der Waals surface area contributed by atoms with Gasteiger partial charge in [-0.25, -0.2) is 4.39 Å². The number of morpholine rings is 1. The maximum absolute atomic E-state index is 14.0. The van der Waals surface area contributed by atoms with Gasteiger partial charge in [0.1, 0.15) is 17.5 Å². The molecule has 1 fully saturated rings. The minimum Gasteiger partial charge on any atom is -0.502 e. The van der Waals surface area contributed by atoms with Gasteiger partial charge in [-0.3, -0.25) is 24.1 Å². The van der Waals surface area contributed by atoms with Gasteiger partial charge >= 0.3 is 0 Å². The van der Waals surface area contributed by atoms with Crippen LogP contribution in [0.5, 0.6) is 5.75 Å². The number of hydrogen-bond donors (Lipinski definition) is 2. The number of pyridine rings is 1. The molecule has 2 aromatic rings. The molecule has 0 bridgehead atoms. The van der Waals surface area contributed by atoms with Gasteiger partial charge < -0.3 is 20.1 Å². The number of hydrogen-bond acceptors (Lipinski definition) is 6. The largest absolute Gasteiger partial charge is 0.502 e. The Kier molecular flexibility index (Phi) is 5.12. The first kappa shape index (κ1) is 20.2. The Bertz CT molecular complexity index is 1110. The topological polar surface area (TPSA) is 104 Å². The molecule has 1 atom stereocenters. The van der Waals surface area contributed by atoms with Crippen molar-refractivity contribution in [3.05, 3.63) is 62.3 Å². The van der Waals surface area contributed by atoms with Crippen LogP contribution < -0.4 is 15.8 Å². The first-order valence-electron chi connectivity index (χ1n) is 9.12. The maximum Gasteiger partial charge on any atom is 0.277 e. The molecule has 11 heteroatoms. The number of nitrogens with zero attached hydrogens (tertiary/aromatic N) is 3. The molecule has 9 nitrogen and oxygen atoms in total. The van der Waals surface area contributed by atoms with Crippen LogP contribution in [0.15, 0.2) is 29.2 Å². The second-order valence-electron chi connectivity index (χ2n) is 6.94. The van der Waals surface area contributed by atoms with E-state index in [1.54, 1.807) is 12.1 Å². The van der Waals surface area contributed by atoms with Crippen molar-refractivity contribution in [2.45, 2.75) is 12.7 Å². The molecule has 0 unspecified atom stereocenters. The lowest BCUT2D eigenvalue weighted by molar-refractivity contribution is 0.0121. The quantitative estimate of drug-likeness (QED) is 0.732. The molecule has 2 aliphatic heterocycles. The standard InChI is InChI=1S/C19H18ClFN4O5/c1-23-13-9-30-6-5-24(13)25-8-11(16(26)17(27)15(25)19(23)29)18(28)22-7-10-3-2-4-12(20)14(10)21/h2-4,8,13,27H,5-7,9H2,1H3,(H,22,28)/t13-/m0/s1. The Morgan fingerprint density at radius 3 is 2.93 bits per heavy atom. The van der Waals surface area contributed by atoms with Crippen molar-refractivity contribution < 1.29 is 23.8 Å². The van der Waals surface area contributed by atoms with Crippen LogP contribution in [-0.2, 0) is 11.3 Å². The van der Waals surface area contributed by atoms with Crippen LogP contribution in [0.25, 0.3) is 0 Å². The highest BCUT2D eigenvalue weighted by molar-refractivity contribution is 6.30. The van der Waals surface area contributed by atoms with E-state index < -0.39 is 35.0 Å². The summed E-state index contributed by atoms with van der Waals surface area (Å²) < 4.78 is 20.8. The van der Waals surface area contributed by atoms with Crippen molar-refractivity contribution in [2.24, 2.45) is 0 Å². The number of halogens is 2. The number of amides is 2. The van der Waals surface area contributed by atoms with E-state index >= 15 is 0 Å². The van der Waals surface area contributed by atoms with Crippen molar-refractivity contribution in [2.75, 3.05) is 31.8 Å². The lowest BCUT2D eigenvalue weighted by Crippen LogP contribution is -2.64. The monoisotopic (exact) mass is 436 g/mol. The summed E-state index contributed by atoms with van der Waals surface area (Å²) in [7, 11) is 1.54. The van der Waals surface area contributed by atoms with Gasteiger partial charge in [0.05, 0.1) is 24.8 Å². The molecule has 0 radical (unpaired) electrons. The fourth-order valence-electron chi connectivity index (χ4n) is 3.56. The molecule has 1 saturated heterocycles. The zero-order valence-electron chi connectivity index (χ0n) is 15.9.